The van der Waals surface area contributed by atoms with Gasteiger partial charge in [-0.2, -0.15) is 0 Å². The first-order chi connectivity index (χ1) is 10.3. The molecule has 1 saturated heterocycles. The molecule has 2 heterocycles. The zero-order valence-corrected chi connectivity index (χ0v) is 13.5. The van der Waals surface area contributed by atoms with E-state index >= 15 is 0 Å². The smallest absolute Gasteiger partial charge is 0.232 e. The van der Waals surface area contributed by atoms with E-state index in [4.69, 9.17) is 0 Å². The molecule has 2 aromatic rings. The topological polar surface area (TPSA) is 34.0 Å². The summed E-state index contributed by atoms with van der Waals surface area (Å²) in [5.74, 6) is 0.990. The Bertz CT molecular complexity index is 573. The van der Waals surface area contributed by atoms with Gasteiger partial charge < -0.3 is 4.90 Å². The van der Waals surface area contributed by atoms with E-state index in [-0.39, 0.29) is 0 Å². The third kappa shape index (κ3) is 3.23. The predicted molar refractivity (Wildman–Crippen MR) is 88.4 cm³/mol. The van der Waals surface area contributed by atoms with Gasteiger partial charge in [0.05, 0.1) is 5.69 Å². The van der Waals surface area contributed by atoms with Gasteiger partial charge in [0.25, 0.3) is 0 Å². The minimum absolute atomic E-state index is 0.492. The van der Waals surface area contributed by atoms with Crippen LogP contribution in [-0.2, 0) is 0 Å². The van der Waals surface area contributed by atoms with Crippen LogP contribution in [0.1, 0.15) is 33.1 Å². The maximum atomic E-state index is 4.49. The van der Waals surface area contributed by atoms with Gasteiger partial charge in [0.1, 0.15) is 0 Å². The number of hydrogen-bond acceptors (Lipinski definition) is 4. The predicted octanol–water partition coefficient (Wildman–Crippen LogP) is 3.76. The largest absolute Gasteiger partial charge is 0.341 e. The van der Waals surface area contributed by atoms with Gasteiger partial charge in [-0.3, -0.25) is 4.57 Å². The fraction of sp³-hybridized carbons (Fsp3) is 0.500. The van der Waals surface area contributed by atoms with E-state index in [1.165, 1.54) is 19.3 Å². The molecule has 0 unspecified atom stereocenters. The van der Waals surface area contributed by atoms with Crippen LogP contribution in [0, 0.1) is 0 Å². The molecule has 5 heteroatoms. The Balaban J connectivity index is 2.01. The first-order valence-corrected chi connectivity index (χ1v) is 8.56. The summed E-state index contributed by atoms with van der Waals surface area (Å²) in [7, 11) is 0. The maximum absolute atomic E-state index is 4.49. The van der Waals surface area contributed by atoms with Crippen molar-refractivity contribution in [2.24, 2.45) is 0 Å². The van der Waals surface area contributed by atoms with E-state index in [1.807, 2.05) is 6.07 Å². The highest BCUT2D eigenvalue weighted by Gasteiger charge is 2.21. The van der Waals surface area contributed by atoms with Gasteiger partial charge in [-0.05, 0) is 31.4 Å². The molecular weight excluding hydrogens is 280 g/mol. The second-order valence-electron chi connectivity index (χ2n) is 5.67. The molecule has 21 heavy (non-hydrogen) atoms. The van der Waals surface area contributed by atoms with Crippen molar-refractivity contribution in [1.29, 1.82) is 0 Å². The van der Waals surface area contributed by atoms with E-state index in [1.54, 1.807) is 11.8 Å². The van der Waals surface area contributed by atoms with E-state index in [0.29, 0.717) is 5.25 Å². The van der Waals surface area contributed by atoms with Crippen LogP contribution in [0.2, 0.25) is 0 Å². The number of thioether (sulfide) groups is 1. The highest BCUT2D eigenvalue weighted by atomic mass is 32.2. The summed E-state index contributed by atoms with van der Waals surface area (Å²) in [6.07, 6.45) is 3.81. The summed E-state index contributed by atoms with van der Waals surface area (Å²) in [6.45, 7) is 6.54. The minimum Gasteiger partial charge on any atom is -0.341 e. The maximum Gasteiger partial charge on any atom is 0.232 e. The molecule has 0 saturated carbocycles. The Morgan fingerprint density at radius 3 is 2.38 bits per heavy atom. The lowest BCUT2D eigenvalue weighted by molar-refractivity contribution is 0.564. The first kappa shape index (κ1) is 14.4. The fourth-order valence-corrected chi connectivity index (χ4v) is 3.45. The summed E-state index contributed by atoms with van der Waals surface area (Å²) < 4.78 is 2.20. The number of hydrogen-bond donors (Lipinski definition) is 0. The number of piperidine rings is 1. The zero-order valence-electron chi connectivity index (χ0n) is 12.7. The highest BCUT2D eigenvalue weighted by Crippen LogP contribution is 2.29. The van der Waals surface area contributed by atoms with Crippen LogP contribution in [0.15, 0.2) is 35.5 Å². The Kier molecular flexibility index (Phi) is 4.48. The summed E-state index contributed by atoms with van der Waals surface area (Å²) in [4.78, 5) is 2.37. The average Bonchev–Trinajstić information content (AvgIpc) is 2.92. The van der Waals surface area contributed by atoms with Gasteiger partial charge in [-0.1, -0.05) is 43.8 Å². The summed E-state index contributed by atoms with van der Waals surface area (Å²) in [5.41, 5.74) is 1.14. The second-order valence-corrected chi connectivity index (χ2v) is 7.21. The van der Waals surface area contributed by atoms with Crippen LogP contribution in [0.25, 0.3) is 5.69 Å². The molecule has 1 aromatic heterocycles. The third-order valence-electron chi connectivity index (χ3n) is 3.61. The molecule has 0 N–H and O–H groups in total. The van der Waals surface area contributed by atoms with E-state index < -0.39 is 0 Å². The Hall–Kier alpha value is -1.49. The first-order valence-electron chi connectivity index (χ1n) is 7.68. The highest BCUT2D eigenvalue weighted by molar-refractivity contribution is 7.99. The van der Waals surface area contributed by atoms with E-state index in [2.05, 4.69) is 57.8 Å². The monoisotopic (exact) mass is 302 g/mol. The van der Waals surface area contributed by atoms with Crippen molar-refractivity contribution < 1.29 is 0 Å². The average molecular weight is 302 g/mol. The molecule has 0 aliphatic carbocycles. The molecule has 0 spiro atoms. The molecule has 1 aliphatic heterocycles. The number of para-hydroxylation sites is 1. The lowest BCUT2D eigenvalue weighted by Gasteiger charge is -2.27. The van der Waals surface area contributed by atoms with Crippen LogP contribution >= 0.6 is 11.8 Å². The molecule has 1 aromatic carbocycles. The molecule has 1 aliphatic rings. The van der Waals surface area contributed by atoms with Crippen molar-refractivity contribution in [3.63, 3.8) is 0 Å². The standard InChI is InChI=1S/C16H22N4S/c1-13(2)21-16-18-17-15(19-11-7-4-8-12-19)20(16)14-9-5-3-6-10-14/h3,5-6,9-10,13H,4,7-8,11-12H2,1-2H3. The normalized spacial score (nSPS) is 15.7. The molecule has 0 atom stereocenters. The van der Waals surface area contributed by atoms with Crippen molar-refractivity contribution in [1.82, 2.24) is 14.8 Å². The van der Waals surface area contributed by atoms with Crippen LogP contribution in [0.3, 0.4) is 0 Å². The van der Waals surface area contributed by atoms with Crippen LogP contribution < -0.4 is 4.90 Å². The van der Waals surface area contributed by atoms with E-state index in [0.717, 1.165) is 29.9 Å². The van der Waals surface area contributed by atoms with Gasteiger partial charge in [0, 0.05) is 18.3 Å². The third-order valence-corrected chi connectivity index (χ3v) is 4.56. The molecule has 4 nitrogen and oxygen atoms in total. The van der Waals surface area contributed by atoms with Crippen molar-refractivity contribution in [3.05, 3.63) is 30.3 Å². The quantitative estimate of drug-likeness (QED) is 0.805. The lowest BCUT2D eigenvalue weighted by atomic mass is 10.1. The van der Waals surface area contributed by atoms with Crippen LogP contribution in [0.5, 0.6) is 0 Å². The van der Waals surface area contributed by atoms with Crippen molar-refractivity contribution in [3.8, 4) is 5.69 Å². The van der Waals surface area contributed by atoms with Gasteiger partial charge in [-0.25, -0.2) is 0 Å². The molecule has 0 radical (unpaired) electrons. The van der Waals surface area contributed by atoms with Crippen molar-refractivity contribution >= 4 is 17.7 Å². The van der Waals surface area contributed by atoms with E-state index in [9.17, 15) is 0 Å². The second kappa shape index (κ2) is 6.52. The molecule has 0 bridgehead atoms. The van der Waals surface area contributed by atoms with Gasteiger partial charge >= 0.3 is 0 Å². The number of anilines is 1. The molecule has 1 fully saturated rings. The van der Waals surface area contributed by atoms with Gasteiger partial charge in [0.2, 0.25) is 5.95 Å². The van der Waals surface area contributed by atoms with Crippen LogP contribution in [-0.4, -0.2) is 33.1 Å². The molecule has 0 amide bonds. The Morgan fingerprint density at radius 1 is 1.00 bits per heavy atom. The lowest BCUT2D eigenvalue weighted by Crippen LogP contribution is -2.31. The van der Waals surface area contributed by atoms with Crippen molar-refractivity contribution in [2.45, 2.75) is 43.5 Å². The zero-order chi connectivity index (χ0) is 14.7. The molecular formula is C16H22N4S. The fourth-order valence-electron chi connectivity index (χ4n) is 2.65. The van der Waals surface area contributed by atoms with Crippen molar-refractivity contribution in [2.75, 3.05) is 18.0 Å². The summed E-state index contributed by atoms with van der Waals surface area (Å²) >= 11 is 1.77. The number of aromatic nitrogens is 3. The number of rotatable bonds is 4. The summed E-state index contributed by atoms with van der Waals surface area (Å²) in [5, 5.41) is 10.4. The number of benzene rings is 1. The Labute approximate surface area is 130 Å². The molecule has 3 rings (SSSR count). The van der Waals surface area contributed by atoms with Gasteiger partial charge in [0.15, 0.2) is 5.16 Å². The SMILES string of the molecule is CC(C)Sc1nnc(N2CCCCC2)n1-c1ccccc1. The minimum atomic E-state index is 0.492. The summed E-state index contributed by atoms with van der Waals surface area (Å²) in [6, 6.07) is 10.4. The van der Waals surface area contributed by atoms with Gasteiger partial charge in [-0.15, -0.1) is 10.2 Å². The Morgan fingerprint density at radius 2 is 1.71 bits per heavy atom. The number of nitrogens with zero attached hydrogens (tertiary/aromatic N) is 4. The van der Waals surface area contributed by atoms with Crippen LogP contribution in [0.4, 0.5) is 5.95 Å². The molecule has 112 valence electrons.